The van der Waals surface area contributed by atoms with Gasteiger partial charge >= 0.3 is 0 Å². The van der Waals surface area contributed by atoms with Crippen LogP contribution in [0.5, 0.6) is 5.75 Å². The molecule has 2 aromatic heterocycles. The number of thiocarbonyl (C=S) groups is 1. The van der Waals surface area contributed by atoms with Crippen molar-refractivity contribution >= 4 is 23.0 Å². The molecule has 144 valence electrons. The largest absolute Gasteiger partial charge is 0.494 e. The molecule has 2 atom stereocenters. The van der Waals surface area contributed by atoms with E-state index in [1.807, 2.05) is 43.5 Å². The molecule has 0 bridgehead atoms. The van der Waals surface area contributed by atoms with E-state index in [0.717, 1.165) is 23.7 Å². The van der Waals surface area contributed by atoms with Gasteiger partial charge in [-0.2, -0.15) is 0 Å². The van der Waals surface area contributed by atoms with Gasteiger partial charge in [-0.15, -0.1) is 0 Å². The van der Waals surface area contributed by atoms with Crippen LogP contribution in [-0.2, 0) is 6.54 Å². The van der Waals surface area contributed by atoms with Crippen molar-refractivity contribution in [1.82, 2.24) is 14.9 Å². The number of pyridine rings is 1. The number of nitrogens with one attached hydrogen (secondary N) is 1. The zero-order chi connectivity index (χ0) is 19.5. The molecule has 4 rings (SSSR count). The lowest BCUT2D eigenvalue weighted by atomic mass is 10.0. The Morgan fingerprint density at radius 3 is 2.57 bits per heavy atom. The van der Waals surface area contributed by atoms with Gasteiger partial charge < -0.3 is 19.5 Å². The van der Waals surface area contributed by atoms with Crippen LogP contribution in [-0.4, -0.2) is 21.3 Å². The van der Waals surface area contributed by atoms with Gasteiger partial charge in [0, 0.05) is 30.3 Å². The molecule has 0 unspecified atom stereocenters. The predicted octanol–water partition coefficient (Wildman–Crippen LogP) is 4.48. The fourth-order valence-electron chi connectivity index (χ4n) is 3.79. The second-order valence-electron chi connectivity index (χ2n) is 6.64. The van der Waals surface area contributed by atoms with E-state index in [-0.39, 0.29) is 12.1 Å². The van der Waals surface area contributed by atoms with Gasteiger partial charge in [0.25, 0.3) is 0 Å². The molecule has 0 radical (unpaired) electrons. The minimum atomic E-state index is -0.0273. The first kappa shape index (κ1) is 18.5. The van der Waals surface area contributed by atoms with E-state index < -0.39 is 0 Å². The number of hydrogen-bond acceptors (Lipinski definition) is 3. The number of rotatable bonds is 6. The highest BCUT2D eigenvalue weighted by molar-refractivity contribution is 7.80. The number of anilines is 1. The van der Waals surface area contributed by atoms with Gasteiger partial charge in [-0.1, -0.05) is 6.07 Å². The summed E-state index contributed by atoms with van der Waals surface area (Å²) in [5, 5.41) is 4.20. The van der Waals surface area contributed by atoms with Crippen LogP contribution in [0.15, 0.2) is 67.0 Å². The topological polar surface area (TPSA) is 42.3 Å². The number of benzene rings is 1. The van der Waals surface area contributed by atoms with Crippen LogP contribution in [0, 0.1) is 0 Å². The summed E-state index contributed by atoms with van der Waals surface area (Å²) in [6, 6.07) is 18.3. The van der Waals surface area contributed by atoms with E-state index in [9.17, 15) is 0 Å². The van der Waals surface area contributed by atoms with E-state index in [1.54, 1.807) is 0 Å². The summed E-state index contributed by atoms with van der Waals surface area (Å²) in [7, 11) is 0. The van der Waals surface area contributed by atoms with Crippen molar-refractivity contribution in [2.24, 2.45) is 0 Å². The fraction of sp³-hybridized carbons (Fsp3) is 0.273. The lowest BCUT2D eigenvalue weighted by molar-refractivity contribution is 0.340. The van der Waals surface area contributed by atoms with Crippen molar-refractivity contribution in [1.29, 1.82) is 0 Å². The van der Waals surface area contributed by atoms with Crippen LogP contribution < -0.4 is 15.0 Å². The molecule has 1 aliphatic heterocycles. The normalized spacial score (nSPS) is 18.9. The maximum atomic E-state index is 5.76. The van der Waals surface area contributed by atoms with E-state index in [2.05, 4.69) is 57.2 Å². The first-order chi connectivity index (χ1) is 13.7. The summed E-state index contributed by atoms with van der Waals surface area (Å²) >= 11 is 5.76. The van der Waals surface area contributed by atoms with E-state index in [0.29, 0.717) is 11.7 Å². The number of aromatic nitrogens is 2. The average molecular weight is 393 g/mol. The van der Waals surface area contributed by atoms with Crippen molar-refractivity contribution in [2.75, 3.05) is 11.5 Å². The van der Waals surface area contributed by atoms with Crippen molar-refractivity contribution in [3.05, 3.63) is 78.4 Å². The summed E-state index contributed by atoms with van der Waals surface area (Å²) < 4.78 is 7.86. The van der Waals surface area contributed by atoms with Crippen LogP contribution in [0.25, 0.3) is 0 Å². The molecule has 1 aromatic carbocycles. The molecule has 3 aromatic rings. The van der Waals surface area contributed by atoms with Crippen LogP contribution in [0.4, 0.5) is 5.69 Å². The van der Waals surface area contributed by atoms with Crippen LogP contribution in [0.3, 0.4) is 0 Å². The number of aryl methyl sites for hydroxylation is 1. The van der Waals surface area contributed by atoms with Crippen molar-refractivity contribution < 1.29 is 4.74 Å². The lowest BCUT2D eigenvalue weighted by Gasteiger charge is -2.29. The highest BCUT2D eigenvalue weighted by Crippen LogP contribution is 2.41. The zero-order valence-electron chi connectivity index (χ0n) is 16.1. The summed E-state index contributed by atoms with van der Waals surface area (Å²) in [4.78, 5) is 6.79. The second kappa shape index (κ2) is 8.02. The molecule has 5 nitrogen and oxygen atoms in total. The molecule has 0 saturated carbocycles. The molecule has 28 heavy (non-hydrogen) atoms. The Morgan fingerprint density at radius 1 is 1.07 bits per heavy atom. The van der Waals surface area contributed by atoms with Gasteiger partial charge in [0.1, 0.15) is 11.8 Å². The van der Waals surface area contributed by atoms with Crippen molar-refractivity contribution in [3.8, 4) is 5.75 Å². The quantitative estimate of drug-likeness (QED) is 0.627. The third-order valence-corrected chi connectivity index (χ3v) is 5.35. The predicted molar refractivity (Wildman–Crippen MR) is 116 cm³/mol. The molecule has 0 spiro atoms. The third kappa shape index (κ3) is 3.36. The molecule has 1 N–H and O–H groups in total. The van der Waals surface area contributed by atoms with Crippen molar-refractivity contribution in [2.45, 2.75) is 32.5 Å². The first-order valence-corrected chi connectivity index (χ1v) is 10.0. The second-order valence-corrected chi connectivity index (χ2v) is 7.03. The molecule has 0 aliphatic carbocycles. The zero-order valence-corrected chi connectivity index (χ0v) is 16.9. The van der Waals surface area contributed by atoms with E-state index in [1.165, 1.54) is 5.69 Å². The van der Waals surface area contributed by atoms with Crippen LogP contribution in [0.2, 0.25) is 0 Å². The number of hydrogen-bond donors (Lipinski definition) is 1. The highest BCUT2D eigenvalue weighted by Gasteiger charge is 2.41. The first-order valence-electron chi connectivity index (χ1n) is 9.61. The minimum Gasteiger partial charge on any atom is -0.494 e. The molecule has 1 saturated heterocycles. The molecular weight excluding hydrogens is 368 g/mol. The summed E-state index contributed by atoms with van der Waals surface area (Å²) in [5.74, 6) is 0.860. The monoisotopic (exact) mass is 392 g/mol. The molecule has 1 fully saturated rings. The van der Waals surface area contributed by atoms with Gasteiger partial charge in [0.05, 0.1) is 18.3 Å². The van der Waals surface area contributed by atoms with Crippen molar-refractivity contribution in [3.63, 3.8) is 0 Å². The highest BCUT2D eigenvalue weighted by atomic mass is 32.1. The summed E-state index contributed by atoms with van der Waals surface area (Å²) in [6.45, 7) is 5.69. The maximum Gasteiger partial charge on any atom is 0.174 e. The molecule has 6 heteroatoms. The standard InChI is InChI=1S/C22H24N4OS/c1-3-25-15-7-9-19(25)21-20(18-8-5-6-14-23-18)24-22(28)26(21)16-10-12-17(13-11-16)27-4-2/h5-15,20-21H,3-4H2,1-2H3,(H,24,28)/t20-,21-/m1/s1. The number of ether oxygens (including phenoxy) is 1. The Bertz CT molecular complexity index is 939. The summed E-state index contributed by atoms with van der Waals surface area (Å²) in [5.41, 5.74) is 3.22. The maximum absolute atomic E-state index is 5.76. The fourth-order valence-corrected chi connectivity index (χ4v) is 4.13. The Kier molecular flexibility index (Phi) is 5.30. The Balaban J connectivity index is 1.78. The van der Waals surface area contributed by atoms with Gasteiger partial charge in [-0.3, -0.25) is 4.98 Å². The van der Waals surface area contributed by atoms with Gasteiger partial charge in [0.15, 0.2) is 5.11 Å². The van der Waals surface area contributed by atoms with Gasteiger partial charge in [-0.05, 0) is 74.6 Å². The molecule has 3 heterocycles. The smallest absolute Gasteiger partial charge is 0.174 e. The minimum absolute atomic E-state index is 0.00953. The Hall–Kier alpha value is -2.86. The molecular formula is C22H24N4OS. The van der Waals surface area contributed by atoms with E-state index >= 15 is 0 Å². The third-order valence-electron chi connectivity index (χ3n) is 5.03. The molecule has 1 aliphatic rings. The SMILES string of the molecule is CCOc1ccc(N2C(=S)N[C@H](c3ccccn3)[C@H]2c2cccn2CC)cc1. The van der Waals surface area contributed by atoms with Gasteiger partial charge in [0.2, 0.25) is 0 Å². The summed E-state index contributed by atoms with van der Waals surface area (Å²) in [6.07, 6.45) is 3.94. The average Bonchev–Trinajstić information content (AvgIpc) is 3.33. The molecule has 0 amide bonds. The number of nitrogens with zero attached hydrogens (tertiary/aromatic N) is 3. The van der Waals surface area contributed by atoms with Crippen LogP contribution in [0.1, 0.15) is 37.3 Å². The van der Waals surface area contributed by atoms with E-state index in [4.69, 9.17) is 17.0 Å². The van der Waals surface area contributed by atoms with Gasteiger partial charge in [-0.25, -0.2) is 0 Å². The van der Waals surface area contributed by atoms with Crippen LogP contribution >= 0.6 is 12.2 Å². The Morgan fingerprint density at radius 2 is 1.89 bits per heavy atom. The lowest BCUT2D eigenvalue weighted by Crippen LogP contribution is -2.30. The Labute approximate surface area is 171 Å².